The third-order valence-corrected chi connectivity index (χ3v) is 4.58. The molecule has 0 aliphatic heterocycles. The predicted molar refractivity (Wildman–Crippen MR) is 68.1 cm³/mol. The van der Waals surface area contributed by atoms with Gasteiger partial charge < -0.3 is 5.11 Å². The summed E-state index contributed by atoms with van der Waals surface area (Å²) >= 11 is 5.39. The first-order chi connectivity index (χ1) is 7.06. The molecule has 0 fully saturated rings. The van der Waals surface area contributed by atoms with Gasteiger partial charge in [0.2, 0.25) is 0 Å². The zero-order valence-electron chi connectivity index (χ0n) is 9.33. The lowest BCUT2D eigenvalue weighted by Gasteiger charge is -2.09. The second-order valence-electron chi connectivity index (χ2n) is 3.60. The zero-order chi connectivity index (χ0) is 11.4. The smallest absolute Gasteiger partial charge is 0.0738 e. The highest BCUT2D eigenvalue weighted by atomic mass is 79.9. The van der Waals surface area contributed by atoms with Crippen LogP contribution in [-0.4, -0.2) is 26.7 Å². The minimum Gasteiger partial charge on any atom is -0.396 e. The van der Waals surface area contributed by atoms with Crippen LogP contribution in [0.25, 0.3) is 0 Å². The fourth-order valence-corrected chi connectivity index (χ4v) is 3.03. The highest BCUT2D eigenvalue weighted by Crippen LogP contribution is 2.26. The molecule has 1 atom stereocenters. The first kappa shape index (κ1) is 13.1. The molecule has 1 N–H and O–H groups in total. The molecule has 5 heteroatoms. The minimum atomic E-state index is 0.264. The van der Waals surface area contributed by atoms with Crippen LogP contribution in [0.3, 0.4) is 0 Å². The first-order valence-electron chi connectivity index (χ1n) is 4.96. The molecule has 1 aromatic rings. The lowest BCUT2D eigenvalue weighted by Crippen LogP contribution is -2.03. The zero-order valence-corrected chi connectivity index (χ0v) is 11.7. The molecule has 1 heterocycles. The number of nitrogens with zero attached hydrogens (tertiary/aromatic N) is 2. The number of aromatic nitrogens is 2. The summed E-state index contributed by atoms with van der Waals surface area (Å²) in [6.45, 7) is 4.40. The van der Waals surface area contributed by atoms with E-state index in [9.17, 15) is 0 Å². The van der Waals surface area contributed by atoms with Crippen molar-refractivity contribution in [3.63, 3.8) is 0 Å². The Morgan fingerprint density at radius 3 is 2.73 bits per heavy atom. The van der Waals surface area contributed by atoms with Gasteiger partial charge in [-0.2, -0.15) is 16.9 Å². The number of hydrogen-bond acceptors (Lipinski definition) is 3. The molecule has 0 aromatic carbocycles. The molecule has 0 aliphatic carbocycles. The average Bonchev–Trinajstić information content (AvgIpc) is 2.40. The van der Waals surface area contributed by atoms with Crippen molar-refractivity contribution in [3.05, 3.63) is 15.9 Å². The van der Waals surface area contributed by atoms with E-state index in [2.05, 4.69) is 28.0 Å². The normalized spacial score (nSPS) is 13.1. The number of hydrogen-bond donors (Lipinski definition) is 1. The van der Waals surface area contributed by atoms with Gasteiger partial charge in [0.15, 0.2) is 0 Å². The van der Waals surface area contributed by atoms with Crippen molar-refractivity contribution in [1.29, 1.82) is 0 Å². The quantitative estimate of drug-likeness (QED) is 0.906. The molecule has 0 radical (unpaired) electrons. The van der Waals surface area contributed by atoms with Crippen LogP contribution in [0, 0.1) is 6.92 Å². The molecule has 3 nitrogen and oxygen atoms in total. The Bertz CT molecular complexity index is 327. The largest absolute Gasteiger partial charge is 0.396 e. The summed E-state index contributed by atoms with van der Waals surface area (Å²) in [4.78, 5) is 0. The van der Waals surface area contributed by atoms with E-state index in [1.54, 1.807) is 0 Å². The molecule has 1 rings (SSSR count). The Labute approximate surface area is 103 Å². The van der Waals surface area contributed by atoms with E-state index >= 15 is 0 Å². The van der Waals surface area contributed by atoms with E-state index < -0.39 is 0 Å². The van der Waals surface area contributed by atoms with E-state index in [-0.39, 0.29) is 6.61 Å². The van der Waals surface area contributed by atoms with Crippen molar-refractivity contribution in [3.8, 4) is 0 Å². The van der Waals surface area contributed by atoms with Crippen molar-refractivity contribution >= 4 is 27.7 Å². The summed E-state index contributed by atoms with van der Waals surface area (Å²) in [6.07, 6.45) is 0.846. The van der Waals surface area contributed by atoms with Crippen LogP contribution < -0.4 is 0 Å². The van der Waals surface area contributed by atoms with Crippen LogP contribution in [-0.2, 0) is 12.8 Å². The van der Waals surface area contributed by atoms with Gasteiger partial charge in [0.1, 0.15) is 0 Å². The number of aliphatic hydroxyl groups is 1. The topological polar surface area (TPSA) is 38.0 Å². The van der Waals surface area contributed by atoms with Crippen LogP contribution in [0.2, 0.25) is 0 Å². The molecule has 0 bridgehead atoms. The van der Waals surface area contributed by atoms with Gasteiger partial charge in [0, 0.05) is 24.7 Å². The Morgan fingerprint density at radius 1 is 1.60 bits per heavy atom. The molecular weight excluding hydrogens is 276 g/mol. The summed E-state index contributed by atoms with van der Waals surface area (Å²) in [5, 5.41) is 13.6. The van der Waals surface area contributed by atoms with Crippen molar-refractivity contribution in [2.45, 2.75) is 31.3 Å². The second-order valence-corrected chi connectivity index (χ2v) is 5.82. The van der Waals surface area contributed by atoms with Crippen LogP contribution in [0.15, 0.2) is 4.47 Å². The van der Waals surface area contributed by atoms with E-state index in [4.69, 9.17) is 5.11 Å². The van der Waals surface area contributed by atoms with Gasteiger partial charge in [0.25, 0.3) is 0 Å². The molecule has 0 saturated heterocycles. The Kier molecular flexibility index (Phi) is 5.15. The SMILES string of the molecule is Cc1nn(C)c(CSC(C)CCO)c1Br. The summed E-state index contributed by atoms with van der Waals surface area (Å²) in [5.74, 6) is 0.930. The maximum Gasteiger partial charge on any atom is 0.0738 e. The third-order valence-electron chi connectivity index (χ3n) is 2.30. The van der Waals surface area contributed by atoms with Gasteiger partial charge in [0.05, 0.1) is 15.9 Å². The molecular formula is C10H17BrN2OS. The number of halogens is 1. The standard InChI is InChI=1S/C10H17BrN2OS/c1-7(4-5-14)15-6-9-10(11)8(2)12-13(9)3/h7,14H,4-6H2,1-3H3. The van der Waals surface area contributed by atoms with Gasteiger partial charge in [-0.25, -0.2) is 0 Å². The lowest BCUT2D eigenvalue weighted by molar-refractivity contribution is 0.289. The van der Waals surface area contributed by atoms with Crippen LogP contribution in [0.4, 0.5) is 0 Å². The molecule has 0 aliphatic rings. The Morgan fingerprint density at radius 2 is 2.27 bits per heavy atom. The number of rotatable bonds is 5. The van der Waals surface area contributed by atoms with Gasteiger partial charge >= 0.3 is 0 Å². The van der Waals surface area contributed by atoms with Gasteiger partial charge in [-0.3, -0.25) is 4.68 Å². The number of thioether (sulfide) groups is 1. The molecule has 1 unspecified atom stereocenters. The van der Waals surface area contributed by atoms with E-state index in [1.165, 1.54) is 5.69 Å². The lowest BCUT2D eigenvalue weighted by atomic mass is 10.3. The monoisotopic (exact) mass is 292 g/mol. The molecule has 1 aromatic heterocycles. The summed E-state index contributed by atoms with van der Waals surface area (Å²) in [5.41, 5.74) is 2.24. The van der Waals surface area contributed by atoms with Crippen LogP contribution in [0.5, 0.6) is 0 Å². The van der Waals surface area contributed by atoms with E-state index in [1.807, 2.05) is 30.4 Å². The first-order valence-corrected chi connectivity index (χ1v) is 6.80. The maximum atomic E-state index is 8.81. The number of aliphatic hydroxyl groups excluding tert-OH is 1. The summed E-state index contributed by atoms with van der Waals surface area (Å²) in [7, 11) is 1.96. The van der Waals surface area contributed by atoms with Crippen molar-refractivity contribution in [2.75, 3.05) is 6.61 Å². The molecule has 86 valence electrons. The highest BCUT2D eigenvalue weighted by Gasteiger charge is 2.11. The minimum absolute atomic E-state index is 0.264. The molecule has 0 saturated carbocycles. The third kappa shape index (κ3) is 3.50. The fourth-order valence-electron chi connectivity index (χ4n) is 1.32. The van der Waals surface area contributed by atoms with Gasteiger partial charge in [-0.15, -0.1) is 0 Å². The Hall–Kier alpha value is -0.0000000000000000555. The molecule has 0 amide bonds. The van der Waals surface area contributed by atoms with Gasteiger partial charge in [-0.05, 0) is 29.3 Å². The average molecular weight is 293 g/mol. The van der Waals surface area contributed by atoms with E-state index in [0.717, 1.165) is 22.3 Å². The highest BCUT2D eigenvalue weighted by molar-refractivity contribution is 9.10. The molecule has 0 spiro atoms. The fraction of sp³-hybridized carbons (Fsp3) is 0.700. The summed E-state index contributed by atoms with van der Waals surface area (Å²) < 4.78 is 3.02. The second kappa shape index (κ2) is 5.92. The summed E-state index contributed by atoms with van der Waals surface area (Å²) in [6, 6.07) is 0. The van der Waals surface area contributed by atoms with Crippen molar-refractivity contribution < 1.29 is 5.11 Å². The van der Waals surface area contributed by atoms with Crippen LogP contribution in [0.1, 0.15) is 24.7 Å². The van der Waals surface area contributed by atoms with Gasteiger partial charge in [-0.1, -0.05) is 6.92 Å². The van der Waals surface area contributed by atoms with Crippen molar-refractivity contribution in [1.82, 2.24) is 9.78 Å². The van der Waals surface area contributed by atoms with E-state index in [0.29, 0.717) is 5.25 Å². The van der Waals surface area contributed by atoms with Crippen LogP contribution >= 0.6 is 27.7 Å². The van der Waals surface area contributed by atoms with Crippen molar-refractivity contribution in [2.24, 2.45) is 7.05 Å². The predicted octanol–water partition coefficient (Wildman–Crippen LogP) is 2.50. The Balaban J connectivity index is 2.57. The maximum absolute atomic E-state index is 8.81. The molecule has 15 heavy (non-hydrogen) atoms. The number of aryl methyl sites for hydroxylation is 2.